The van der Waals surface area contributed by atoms with Crippen molar-refractivity contribution in [2.75, 3.05) is 0 Å². The van der Waals surface area contributed by atoms with Gasteiger partial charge in [0.2, 0.25) is 0 Å². The van der Waals surface area contributed by atoms with E-state index in [4.69, 9.17) is 23.2 Å². The van der Waals surface area contributed by atoms with Crippen LogP contribution in [0.1, 0.15) is 55.4 Å². The Kier molecular flexibility index (Phi) is 4.19. The molecular formula is C18H26Cl2Si. The Labute approximate surface area is 141 Å². The topological polar surface area (TPSA) is 0 Å². The van der Waals surface area contributed by atoms with Gasteiger partial charge in [0.05, 0.1) is 9.52 Å². The van der Waals surface area contributed by atoms with E-state index in [1.165, 1.54) is 33.4 Å². The summed E-state index contributed by atoms with van der Waals surface area (Å²) in [4.78, 5) is 0. The number of allylic oxidation sites excluding steroid dienone is 8. The van der Waals surface area contributed by atoms with Crippen LogP contribution in [-0.4, -0.2) is 9.52 Å². The summed E-state index contributed by atoms with van der Waals surface area (Å²) in [7, 11) is -0.641. The first-order valence-electron chi connectivity index (χ1n) is 7.59. The van der Waals surface area contributed by atoms with E-state index in [-0.39, 0.29) is 10.1 Å². The molecule has 0 fully saturated rings. The van der Waals surface area contributed by atoms with Crippen LogP contribution in [0.25, 0.3) is 0 Å². The summed E-state index contributed by atoms with van der Waals surface area (Å²) in [5.74, 6) is 0. The maximum atomic E-state index is 6.77. The van der Waals surface area contributed by atoms with E-state index in [2.05, 4.69) is 55.4 Å². The first kappa shape index (κ1) is 17.1. The lowest BCUT2D eigenvalue weighted by Gasteiger charge is -2.38. The Balaban J connectivity index is 2.54. The van der Waals surface area contributed by atoms with Gasteiger partial charge in [-0.15, -0.1) is 0 Å². The summed E-state index contributed by atoms with van der Waals surface area (Å²) in [6.45, 7) is 17.8. The average molecular weight is 341 g/mol. The Morgan fingerprint density at radius 2 is 0.905 bits per heavy atom. The SMILES string of the molecule is CC1=C(C)C(C)([SiH2]C2(C)C(C)=C(C)C(C)=C2Cl)C(Cl)=C1C. The second-order valence-corrected chi connectivity index (χ2v) is 11.2. The van der Waals surface area contributed by atoms with Gasteiger partial charge in [-0.3, -0.25) is 0 Å². The molecule has 0 amide bonds. The molecule has 0 aromatic heterocycles. The lowest BCUT2D eigenvalue weighted by Crippen LogP contribution is -2.29. The van der Waals surface area contributed by atoms with Crippen molar-refractivity contribution in [1.29, 1.82) is 0 Å². The quantitative estimate of drug-likeness (QED) is 0.522. The van der Waals surface area contributed by atoms with Crippen molar-refractivity contribution in [3.8, 4) is 0 Å². The van der Waals surface area contributed by atoms with Crippen LogP contribution in [0.3, 0.4) is 0 Å². The van der Waals surface area contributed by atoms with Gasteiger partial charge in [-0.05, 0) is 63.8 Å². The molecule has 0 aliphatic heterocycles. The van der Waals surface area contributed by atoms with E-state index < -0.39 is 9.52 Å². The molecule has 0 bridgehead atoms. The molecule has 0 N–H and O–H groups in total. The van der Waals surface area contributed by atoms with Crippen molar-refractivity contribution >= 4 is 32.7 Å². The fourth-order valence-corrected chi connectivity index (χ4v) is 8.29. The third-order valence-corrected chi connectivity index (χ3v) is 11.3. The maximum Gasteiger partial charge on any atom is 0.0567 e. The fraction of sp³-hybridized carbons (Fsp3) is 0.556. The molecule has 0 saturated carbocycles. The van der Waals surface area contributed by atoms with Gasteiger partial charge in [0.25, 0.3) is 0 Å². The predicted octanol–water partition coefficient (Wildman–Crippen LogP) is 6.24. The van der Waals surface area contributed by atoms with Crippen LogP contribution in [0, 0.1) is 0 Å². The molecule has 2 unspecified atom stereocenters. The Morgan fingerprint density at radius 1 is 0.619 bits per heavy atom. The van der Waals surface area contributed by atoms with Crippen LogP contribution >= 0.6 is 23.2 Å². The molecule has 0 heterocycles. The zero-order valence-corrected chi connectivity index (χ0v) is 17.4. The molecule has 0 nitrogen and oxygen atoms in total. The monoisotopic (exact) mass is 340 g/mol. The van der Waals surface area contributed by atoms with E-state index in [1.54, 1.807) is 0 Å². The van der Waals surface area contributed by atoms with Crippen molar-refractivity contribution in [1.82, 2.24) is 0 Å². The zero-order valence-electron chi connectivity index (χ0n) is 14.5. The highest BCUT2D eigenvalue weighted by Gasteiger charge is 2.48. The van der Waals surface area contributed by atoms with Crippen LogP contribution in [0.4, 0.5) is 0 Å². The van der Waals surface area contributed by atoms with E-state index >= 15 is 0 Å². The number of hydrogen-bond acceptors (Lipinski definition) is 0. The van der Waals surface area contributed by atoms with Gasteiger partial charge in [0, 0.05) is 20.1 Å². The van der Waals surface area contributed by atoms with Crippen LogP contribution < -0.4 is 0 Å². The van der Waals surface area contributed by atoms with Crippen molar-refractivity contribution in [2.45, 2.75) is 65.5 Å². The molecule has 0 radical (unpaired) electrons. The van der Waals surface area contributed by atoms with Gasteiger partial charge >= 0.3 is 0 Å². The second kappa shape index (κ2) is 5.14. The summed E-state index contributed by atoms with van der Waals surface area (Å²) >= 11 is 13.5. The van der Waals surface area contributed by atoms with Crippen LogP contribution in [-0.2, 0) is 0 Å². The fourth-order valence-electron chi connectivity index (χ4n) is 4.00. The minimum atomic E-state index is -0.641. The molecule has 2 aliphatic rings. The van der Waals surface area contributed by atoms with Crippen molar-refractivity contribution < 1.29 is 0 Å². The first-order chi connectivity index (χ1) is 9.48. The third kappa shape index (κ3) is 2.16. The van der Waals surface area contributed by atoms with E-state index in [0.717, 1.165) is 10.1 Å². The number of halogens is 2. The predicted molar refractivity (Wildman–Crippen MR) is 99.1 cm³/mol. The van der Waals surface area contributed by atoms with E-state index in [1.807, 2.05) is 0 Å². The number of rotatable bonds is 2. The lowest BCUT2D eigenvalue weighted by atomic mass is 10.0. The van der Waals surface area contributed by atoms with Crippen LogP contribution in [0.2, 0.25) is 10.1 Å². The molecule has 0 aromatic rings. The molecule has 116 valence electrons. The Bertz CT molecular complexity index is 540. The summed E-state index contributed by atoms with van der Waals surface area (Å²) in [6.07, 6.45) is 0. The van der Waals surface area contributed by atoms with E-state index in [0.29, 0.717) is 0 Å². The van der Waals surface area contributed by atoms with Crippen molar-refractivity contribution in [3.63, 3.8) is 0 Å². The summed E-state index contributed by atoms with van der Waals surface area (Å²) in [5.41, 5.74) is 8.15. The van der Waals surface area contributed by atoms with Crippen LogP contribution in [0.15, 0.2) is 43.5 Å². The molecule has 2 atom stereocenters. The normalized spacial score (nSPS) is 34.6. The Morgan fingerprint density at radius 3 is 1.10 bits per heavy atom. The maximum absolute atomic E-state index is 6.77. The molecule has 0 saturated heterocycles. The lowest BCUT2D eigenvalue weighted by molar-refractivity contribution is 0.785. The molecule has 2 aliphatic carbocycles. The zero-order chi connectivity index (χ0) is 16.3. The van der Waals surface area contributed by atoms with Gasteiger partial charge in [0.1, 0.15) is 0 Å². The minimum Gasteiger partial charge on any atom is -0.0882 e. The molecule has 0 spiro atoms. The first-order valence-corrected chi connectivity index (χ1v) is 9.76. The van der Waals surface area contributed by atoms with E-state index in [9.17, 15) is 0 Å². The Hall–Kier alpha value is -0.243. The van der Waals surface area contributed by atoms with Gasteiger partial charge in [-0.2, -0.15) is 0 Å². The van der Waals surface area contributed by atoms with Crippen molar-refractivity contribution in [2.24, 2.45) is 0 Å². The third-order valence-electron chi connectivity index (χ3n) is 6.24. The average Bonchev–Trinajstić information content (AvgIpc) is 2.67. The smallest absolute Gasteiger partial charge is 0.0567 e. The molecule has 2 rings (SSSR count). The molecule has 3 heteroatoms. The van der Waals surface area contributed by atoms with Gasteiger partial charge in [-0.25, -0.2) is 0 Å². The van der Waals surface area contributed by atoms with Crippen molar-refractivity contribution in [3.05, 3.63) is 43.5 Å². The second-order valence-electron chi connectivity index (χ2n) is 7.22. The molecule has 21 heavy (non-hydrogen) atoms. The largest absolute Gasteiger partial charge is 0.0882 e. The summed E-state index contributed by atoms with van der Waals surface area (Å²) in [5, 5.41) is 2.14. The molecular weight excluding hydrogens is 315 g/mol. The summed E-state index contributed by atoms with van der Waals surface area (Å²) < 4.78 is 0. The number of hydrogen-bond donors (Lipinski definition) is 0. The highest BCUT2D eigenvalue weighted by molar-refractivity contribution is 6.56. The van der Waals surface area contributed by atoms with Crippen LogP contribution in [0.5, 0.6) is 0 Å². The highest BCUT2D eigenvalue weighted by Crippen LogP contribution is 2.62. The standard InChI is InChI=1S/C18H26Cl2Si/c1-9-11(3)15(19)17(7,13(9)5)21-18(8)14(6)10(2)12(4)16(18)20/h21H2,1-8H3. The summed E-state index contributed by atoms with van der Waals surface area (Å²) in [6, 6.07) is 0. The highest BCUT2D eigenvalue weighted by atomic mass is 35.5. The minimum absolute atomic E-state index is 0.0246. The van der Waals surface area contributed by atoms with Gasteiger partial charge in [-0.1, -0.05) is 48.2 Å². The van der Waals surface area contributed by atoms with Gasteiger partial charge in [0.15, 0.2) is 0 Å². The van der Waals surface area contributed by atoms with Gasteiger partial charge < -0.3 is 0 Å². The molecule has 0 aromatic carbocycles.